The van der Waals surface area contributed by atoms with Crippen LogP contribution in [0.1, 0.15) is 46.8 Å². The Morgan fingerprint density at radius 1 is 1.17 bits per heavy atom. The number of hydrogen-bond acceptors (Lipinski definition) is 4. The maximum absolute atomic E-state index is 13.1. The minimum Gasteiger partial charge on any atom is -0.344 e. The Labute approximate surface area is 169 Å². The molecule has 0 spiro atoms. The van der Waals surface area contributed by atoms with Crippen molar-refractivity contribution >= 4 is 17.3 Å². The summed E-state index contributed by atoms with van der Waals surface area (Å²) < 4.78 is 13.1. The first kappa shape index (κ1) is 19.1. The zero-order valence-corrected chi connectivity index (χ0v) is 16.5. The van der Waals surface area contributed by atoms with Crippen LogP contribution in [-0.2, 0) is 6.42 Å². The summed E-state index contributed by atoms with van der Waals surface area (Å²) >= 11 is 0. The van der Waals surface area contributed by atoms with E-state index in [1.807, 2.05) is 32.2 Å². The topological polar surface area (TPSA) is 58.1 Å². The molecule has 1 amide bonds. The number of nitrogens with zero attached hydrogens (tertiary/aromatic N) is 3. The number of nitrogens with one attached hydrogen (secondary N) is 1. The Morgan fingerprint density at radius 3 is 2.72 bits per heavy atom. The van der Waals surface area contributed by atoms with Crippen molar-refractivity contribution in [2.45, 2.75) is 32.7 Å². The van der Waals surface area contributed by atoms with Crippen molar-refractivity contribution in [2.75, 3.05) is 11.4 Å². The maximum Gasteiger partial charge on any atom is 0.251 e. The number of fused-ring (bicyclic) bond motifs is 1. The molecular formula is C23H23FN4O. The maximum atomic E-state index is 13.1. The van der Waals surface area contributed by atoms with Crippen molar-refractivity contribution in [1.29, 1.82) is 0 Å². The van der Waals surface area contributed by atoms with E-state index in [-0.39, 0.29) is 17.8 Å². The van der Waals surface area contributed by atoms with Crippen LogP contribution in [0.2, 0.25) is 0 Å². The molecule has 0 aliphatic carbocycles. The van der Waals surface area contributed by atoms with Gasteiger partial charge in [-0.05, 0) is 75.2 Å². The number of rotatable bonds is 4. The molecule has 148 valence electrons. The molecule has 1 aliphatic heterocycles. The molecule has 29 heavy (non-hydrogen) atoms. The molecule has 1 atom stereocenters. The molecule has 6 heteroatoms. The van der Waals surface area contributed by atoms with Gasteiger partial charge in [0, 0.05) is 29.7 Å². The molecule has 0 fully saturated rings. The summed E-state index contributed by atoms with van der Waals surface area (Å²) in [5.74, 6) is -0.606. The Morgan fingerprint density at radius 2 is 1.97 bits per heavy atom. The lowest BCUT2D eigenvalue weighted by atomic mass is 10.0. The first-order valence-electron chi connectivity index (χ1n) is 9.78. The van der Waals surface area contributed by atoms with Crippen molar-refractivity contribution < 1.29 is 9.18 Å². The molecule has 3 aromatic rings. The minimum absolute atomic E-state index is 0.245. The van der Waals surface area contributed by atoms with Crippen molar-refractivity contribution in [3.8, 4) is 0 Å². The van der Waals surface area contributed by atoms with Crippen molar-refractivity contribution in [1.82, 2.24) is 15.3 Å². The number of amides is 1. The summed E-state index contributed by atoms with van der Waals surface area (Å²) in [6.07, 6.45) is 3.75. The SMILES string of the molecule is Cc1cc(N2CCCc3nc(C(C)NC(=O)c4ccc(F)cc4)ccc32)ccn1. The molecule has 0 radical (unpaired) electrons. The Hall–Kier alpha value is -3.28. The summed E-state index contributed by atoms with van der Waals surface area (Å²) in [7, 11) is 0. The quantitative estimate of drug-likeness (QED) is 0.713. The number of carbonyl (C=O) groups excluding carboxylic acids is 1. The van der Waals surface area contributed by atoms with Crippen LogP contribution < -0.4 is 10.2 Å². The Bertz CT molecular complexity index is 1040. The van der Waals surface area contributed by atoms with Gasteiger partial charge < -0.3 is 10.2 Å². The molecule has 1 N–H and O–H groups in total. The van der Waals surface area contributed by atoms with E-state index in [0.717, 1.165) is 47.8 Å². The minimum atomic E-state index is -0.361. The number of aromatic nitrogens is 2. The summed E-state index contributed by atoms with van der Waals surface area (Å²) in [6.45, 7) is 4.83. The number of carbonyl (C=O) groups is 1. The highest BCUT2D eigenvalue weighted by Crippen LogP contribution is 2.33. The van der Waals surface area contributed by atoms with Crippen LogP contribution >= 0.6 is 0 Å². The summed E-state index contributed by atoms with van der Waals surface area (Å²) in [4.78, 5) is 23.8. The van der Waals surface area contributed by atoms with Gasteiger partial charge in [0.2, 0.25) is 0 Å². The van der Waals surface area contributed by atoms with E-state index < -0.39 is 0 Å². The van der Waals surface area contributed by atoms with Gasteiger partial charge in [0.15, 0.2) is 0 Å². The fraction of sp³-hybridized carbons (Fsp3) is 0.261. The third-order valence-corrected chi connectivity index (χ3v) is 5.15. The zero-order valence-electron chi connectivity index (χ0n) is 16.5. The average Bonchev–Trinajstić information content (AvgIpc) is 2.73. The van der Waals surface area contributed by atoms with Gasteiger partial charge in [-0.3, -0.25) is 14.8 Å². The van der Waals surface area contributed by atoms with Crippen LogP contribution in [0.5, 0.6) is 0 Å². The molecular weight excluding hydrogens is 367 g/mol. The predicted molar refractivity (Wildman–Crippen MR) is 111 cm³/mol. The monoisotopic (exact) mass is 390 g/mol. The van der Waals surface area contributed by atoms with Gasteiger partial charge >= 0.3 is 0 Å². The Kier molecular flexibility index (Phi) is 5.25. The molecule has 4 rings (SSSR count). The molecule has 1 aliphatic rings. The van der Waals surface area contributed by atoms with Crippen molar-refractivity contribution in [3.05, 3.63) is 83.2 Å². The number of aryl methyl sites for hydroxylation is 2. The van der Waals surface area contributed by atoms with Crippen LogP contribution in [-0.4, -0.2) is 22.4 Å². The number of pyridine rings is 2. The normalized spacial score (nSPS) is 14.2. The van der Waals surface area contributed by atoms with E-state index >= 15 is 0 Å². The van der Waals surface area contributed by atoms with E-state index in [9.17, 15) is 9.18 Å². The first-order chi connectivity index (χ1) is 14.0. The van der Waals surface area contributed by atoms with Gasteiger partial charge in [0.25, 0.3) is 5.91 Å². The summed E-state index contributed by atoms with van der Waals surface area (Å²) in [5.41, 5.74) is 5.47. The van der Waals surface area contributed by atoms with Crippen LogP contribution in [0, 0.1) is 12.7 Å². The van der Waals surface area contributed by atoms with Crippen molar-refractivity contribution in [2.24, 2.45) is 0 Å². The summed E-state index contributed by atoms with van der Waals surface area (Å²) in [6, 6.07) is 13.4. The van der Waals surface area contributed by atoms with E-state index in [4.69, 9.17) is 4.98 Å². The average molecular weight is 390 g/mol. The van der Waals surface area contributed by atoms with Crippen molar-refractivity contribution in [3.63, 3.8) is 0 Å². The van der Waals surface area contributed by atoms with Gasteiger partial charge in [-0.2, -0.15) is 0 Å². The van der Waals surface area contributed by atoms with Gasteiger partial charge in [-0.15, -0.1) is 0 Å². The molecule has 2 aromatic heterocycles. The second kappa shape index (κ2) is 7.99. The molecule has 0 bridgehead atoms. The van der Waals surface area contributed by atoms with Gasteiger partial charge in [0.05, 0.1) is 23.1 Å². The van der Waals surface area contributed by atoms with E-state index in [1.165, 1.54) is 24.3 Å². The van der Waals surface area contributed by atoms with Crippen LogP contribution in [0.3, 0.4) is 0 Å². The highest BCUT2D eigenvalue weighted by Gasteiger charge is 2.21. The third kappa shape index (κ3) is 4.11. The van der Waals surface area contributed by atoms with Crippen LogP contribution in [0.4, 0.5) is 15.8 Å². The Balaban J connectivity index is 1.54. The molecule has 1 unspecified atom stereocenters. The van der Waals surface area contributed by atoms with Gasteiger partial charge in [-0.25, -0.2) is 4.39 Å². The van der Waals surface area contributed by atoms with Crippen LogP contribution in [0.15, 0.2) is 54.7 Å². The fourth-order valence-electron chi connectivity index (χ4n) is 3.63. The smallest absolute Gasteiger partial charge is 0.251 e. The number of anilines is 2. The molecule has 0 saturated heterocycles. The zero-order chi connectivity index (χ0) is 20.4. The lowest BCUT2D eigenvalue weighted by Crippen LogP contribution is -2.29. The second-order valence-corrected chi connectivity index (χ2v) is 7.31. The largest absolute Gasteiger partial charge is 0.344 e. The van der Waals surface area contributed by atoms with E-state index in [0.29, 0.717) is 5.56 Å². The molecule has 1 aromatic carbocycles. The lowest BCUT2D eigenvalue weighted by molar-refractivity contribution is 0.0939. The second-order valence-electron chi connectivity index (χ2n) is 7.31. The molecule has 5 nitrogen and oxygen atoms in total. The van der Waals surface area contributed by atoms with E-state index in [1.54, 1.807) is 0 Å². The number of benzene rings is 1. The standard InChI is InChI=1S/C23H23FN4O/c1-15-14-19(11-12-25-15)28-13-3-4-21-22(28)10-9-20(27-21)16(2)26-23(29)17-5-7-18(24)8-6-17/h5-12,14,16H,3-4,13H2,1-2H3,(H,26,29). The highest BCUT2D eigenvalue weighted by molar-refractivity contribution is 5.94. The number of halogens is 1. The summed E-state index contributed by atoms with van der Waals surface area (Å²) in [5, 5.41) is 2.94. The highest BCUT2D eigenvalue weighted by atomic mass is 19.1. The van der Waals surface area contributed by atoms with Gasteiger partial charge in [0.1, 0.15) is 5.82 Å². The van der Waals surface area contributed by atoms with Gasteiger partial charge in [-0.1, -0.05) is 0 Å². The lowest BCUT2D eigenvalue weighted by Gasteiger charge is -2.31. The first-order valence-corrected chi connectivity index (χ1v) is 9.78. The van der Waals surface area contributed by atoms with Crippen LogP contribution in [0.25, 0.3) is 0 Å². The predicted octanol–water partition coefficient (Wildman–Crippen LogP) is 4.50. The third-order valence-electron chi connectivity index (χ3n) is 5.15. The number of hydrogen-bond donors (Lipinski definition) is 1. The molecule has 0 saturated carbocycles. The van der Waals surface area contributed by atoms with E-state index in [2.05, 4.69) is 27.3 Å². The fourth-order valence-corrected chi connectivity index (χ4v) is 3.63. The molecule has 3 heterocycles.